The first kappa shape index (κ1) is 12.5. The lowest BCUT2D eigenvalue weighted by Crippen LogP contribution is -2.46. The largest absolute Gasteiger partial charge is 0.389 e. The molecule has 3 N–H and O–H groups in total. The fourth-order valence-electron chi connectivity index (χ4n) is 2.29. The zero-order valence-electron chi connectivity index (χ0n) is 9.68. The van der Waals surface area contributed by atoms with Crippen molar-refractivity contribution in [1.82, 2.24) is 10.6 Å². The standard InChI is InChI=1S/C11H22N2O2/c1-9-4-3-5-11(15,6-9)8-13-7-10(14)12-2/h9,13,15H,3-8H2,1-2H3,(H,12,14)/t9-,11-/m1/s1. The Morgan fingerprint density at radius 1 is 1.60 bits per heavy atom. The lowest BCUT2D eigenvalue weighted by Gasteiger charge is -2.35. The van der Waals surface area contributed by atoms with E-state index in [4.69, 9.17) is 0 Å². The SMILES string of the molecule is CNC(=O)CNC[C@@]1(O)CCC[C@@H](C)C1. The van der Waals surface area contributed by atoms with E-state index in [1.165, 1.54) is 6.42 Å². The van der Waals surface area contributed by atoms with Crippen LogP contribution in [0.4, 0.5) is 0 Å². The minimum absolute atomic E-state index is 0.0394. The maximum Gasteiger partial charge on any atom is 0.233 e. The summed E-state index contributed by atoms with van der Waals surface area (Å²) in [5.41, 5.74) is -0.605. The second kappa shape index (κ2) is 5.47. The molecule has 0 radical (unpaired) electrons. The number of carbonyl (C=O) groups excluding carboxylic acids is 1. The monoisotopic (exact) mass is 214 g/mol. The summed E-state index contributed by atoms with van der Waals surface area (Å²) < 4.78 is 0. The van der Waals surface area contributed by atoms with E-state index in [0.29, 0.717) is 12.5 Å². The number of carbonyl (C=O) groups is 1. The van der Waals surface area contributed by atoms with Crippen LogP contribution in [0.5, 0.6) is 0 Å². The van der Waals surface area contributed by atoms with Crippen LogP contribution in [0, 0.1) is 5.92 Å². The van der Waals surface area contributed by atoms with Gasteiger partial charge in [0.1, 0.15) is 0 Å². The lowest BCUT2D eigenvalue weighted by atomic mass is 9.79. The summed E-state index contributed by atoms with van der Waals surface area (Å²) in [5, 5.41) is 15.8. The molecule has 0 unspecified atom stereocenters. The van der Waals surface area contributed by atoms with E-state index in [-0.39, 0.29) is 12.5 Å². The van der Waals surface area contributed by atoms with Crippen LogP contribution in [0.3, 0.4) is 0 Å². The molecule has 0 bridgehead atoms. The molecule has 1 rings (SSSR count). The molecule has 1 saturated carbocycles. The van der Waals surface area contributed by atoms with Crippen LogP contribution in [-0.4, -0.2) is 36.8 Å². The quantitative estimate of drug-likeness (QED) is 0.629. The van der Waals surface area contributed by atoms with E-state index < -0.39 is 5.60 Å². The van der Waals surface area contributed by atoms with Gasteiger partial charge in [-0.2, -0.15) is 0 Å². The number of aliphatic hydroxyl groups is 1. The molecule has 1 fully saturated rings. The van der Waals surface area contributed by atoms with Crippen molar-refractivity contribution in [2.75, 3.05) is 20.1 Å². The van der Waals surface area contributed by atoms with Gasteiger partial charge in [0.25, 0.3) is 0 Å². The van der Waals surface area contributed by atoms with Crippen LogP contribution in [0.15, 0.2) is 0 Å². The van der Waals surface area contributed by atoms with Crippen molar-refractivity contribution < 1.29 is 9.90 Å². The Hall–Kier alpha value is -0.610. The third-order valence-electron chi connectivity index (χ3n) is 3.09. The van der Waals surface area contributed by atoms with Gasteiger partial charge in [-0.15, -0.1) is 0 Å². The Kier molecular flexibility index (Phi) is 4.54. The molecule has 88 valence electrons. The van der Waals surface area contributed by atoms with E-state index in [1.54, 1.807) is 7.05 Å². The van der Waals surface area contributed by atoms with Gasteiger partial charge in [-0.25, -0.2) is 0 Å². The normalized spacial score (nSPS) is 31.3. The molecular weight excluding hydrogens is 192 g/mol. The zero-order chi connectivity index (χ0) is 11.3. The average Bonchev–Trinajstić information content (AvgIpc) is 2.16. The first-order valence-corrected chi connectivity index (χ1v) is 5.69. The summed E-state index contributed by atoms with van der Waals surface area (Å²) >= 11 is 0. The number of hydrogen-bond acceptors (Lipinski definition) is 3. The van der Waals surface area contributed by atoms with E-state index in [9.17, 15) is 9.90 Å². The van der Waals surface area contributed by atoms with Crippen LogP contribution in [0.1, 0.15) is 32.6 Å². The molecule has 4 heteroatoms. The zero-order valence-corrected chi connectivity index (χ0v) is 9.68. The second-order valence-electron chi connectivity index (χ2n) is 4.70. The summed E-state index contributed by atoms with van der Waals surface area (Å²) in [7, 11) is 1.61. The smallest absolute Gasteiger partial charge is 0.233 e. The predicted octanol–water partition coefficient (Wildman–Crippen LogP) is 0.263. The average molecular weight is 214 g/mol. The highest BCUT2D eigenvalue weighted by Gasteiger charge is 2.32. The molecule has 1 aliphatic rings. The number of likely N-dealkylation sites (N-methyl/N-ethyl adjacent to an activating group) is 1. The summed E-state index contributed by atoms with van der Waals surface area (Å²) in [6, 6.07) is 0. The number of hydrogen-bond donors (Lipinski definition) is 3. The van der Waals surface area contributed by atoms with Crippen molar-refractivity contribution in [3.05, 3.63) is 0 Å². The van der Waals surface area contributed by atoms with Crippen LogP contribution >= 0.6 is 0 Å². The first-order chi connectivity index (χ1) is 7.06. The van der Waals surface area contributed by atoms with Crippen LogP contribution in [0.2, 0.25) is 0 Å². The van der Waals surface area contributed by atoms with Crippen molar-refractivity contribution in [2.24, 2.45) is 5.92 Å². The van der Waals surface area contributed by atoms with Gasteiger partial charge in [0.05, 0.1) is 12.1 Å². The van der Waals surface area contributed by atoms with Gasteiger partial charge in [0, 0.05) is 13.6 Å². The van der Waals surface area contributed by atoms with Crippen molar-refractivity contribution in [1.29, 1.82) is 0 Å². The molecule has 0 spiro atoms. The van der Waals surface area contributed by atoms with Crippen molar-refractivity contribution in [3.63, 3.8) is 0 Å². The molecule has 4 nitrogen and oxygen atoms in total. The van der Waals surface area contributed by atoms with Crippen molar-refractivity contribution in [3.8, 4) is 0 Å². The van der Waals surface area contributed by atoms with E-state index in [2.05, 4.69) is 17.6 Å². The molecular formula is C11H22N2O2. The maximum atomic E-state index is 11.0. The summed E-state index contributed by atoms with van der Waals surface area (Å²) in [4.78, 5) is 11.0. The van der Waals surface area contributed by atoms with Gasteiger partial charge < -0.3 is 15.7 Å². The molecule has 0 aromatic heterocycles. The summed E-state index contributed by atoms with van der Waals surface area (Å²) in [6.45, 7) is 2.97. The van der Waals surface area contributed by atoms with E-state index in [1.807, 2.05) is 0 Å². The lowest BCUT2D eigenvalue weighted by molar-refractivity contribution is -0.120. The molecule has 2 atom stereocenters. The van der Waals surface area contributed by atoms with Crippen molar-refractivity contribution >= 4 is 5.91 Å². The van der Waals surface area contributed by atoms with E-state index >= 15 is 0 Å². The molecule has 15 heavy (non-hydrogen) atoms. The molecule has 0 saturated heterocycles. The minimum atomic E-state index is -0.605. The Labute approximate surface area is 91.4 Å². The number of amides is 1. The molecule has 0 heterocycles. The molecule has 1 amide bonds. The fraction of sp³-hybridized carbons (Fsp3) is 0.909. The topological polar surface area (TPSA) is 61.4 Å². The Morgan fingerprint density at radius 3 is 2.93 bits per heavy atom. The fourth-order valence-corrected chi connectivity index (χ4v) is 2.29. The maximum absolute atomic E-state index is 11.0. The van der Waals surface area contributed by atoms with Gasteiger partial charge in [0.15, 0.2) is 0 Å². The number of rotatable bonds is 4. The predicted molar refractivity (Wildman–Crippen MR) is 59.5 cm³/mol. The Morgan fingerprint density at radius 2 is 2.33 bits per heavy atom. The highest BCUT2D eigenvalue weighted by Crippen LogP contribution is 2.31. The Balaban J connectivity index is 2.26. The minimum Gasteiger partial charge on any atom is -0.389 e. The first-order valence-electron chi connectivity index (χ1n) is 5.69. The van der Waals surface area contributed by atoms with Gasteiger partial charge in [-0.3, -0.25) is 4.79 Å². The summed E-state index contributed by atoms with van der Waals surface area (Å²) in [6.07, 6.45) is 3.98. The third-order valence-corrected chi connectivity index (χ3v) is 3.09. The highest BCUT2D eigenvalue weighted by atomic mass is 16.3. The van der Waals surface area contributed by atoms with Gasteiger partial charge in [0.2, 0.25) is 5.91 Å². The van der Waals surface area contributed by atoms with Crippen molar-refractivity contribution in [2.45, 2.75) is 38.2 Å². The highest BCUT2D eigenvalue weighted by molar-refractivity contribution is 5.77. The molecule has 1 aliphatic carbocycles. The molecule has 0 aromatic carbocycles. The van der Waals surface area contributed by atoms with Gasteiger partial charge in [-0.05, 0) is 18.8 Å². The molecule has 0 aromatic rings. The Bertz CT molecular complexity index is 221. The van der Waals surface area contributed by atoms with Crippen LogP contribution in [-0.2, 0) is 4.79 Å². The number of nitrogens with one attached hydrogen (secondary N) is 2. The molecule has 0 aliphatic heterocycles. The summed E-state index contributed by atoms with van der Waals surface area (Å²) in [5.74, 6) is 0.549. The van der Waals surface area contributed by atoms with Crippen LogP contribution < -0.4 is 10.6 Å². The third kappa shape index (κ3) is 4.18. The second-order valence-corrected chi connectivity index (χ2v) is 4.70. The van der Waals surface area contributed by atoms with Crippen LogP contribution in [0.25, 0.3) is 0 Å². The van der Waals surface area contributed by atoms with E-state index in [0.717, 1.165) is 19.3 Å². The van der Waals surface area contributed by atoms with Gasteiger partial charge >= 0.3 is 0 Å². The van der Waals surface area contributed by atoms with Gasteiger partial charge in [-0.1, -0.05) is 19.8 Å².